The molecule has 14 nitrogen and oxygen atoms in total. The summed E-state index contributed by atoms with van der Waals surface area (Å²) in [5.74, 6) is 1.12. The molecule has 1 unspecified atom stereocenters. The Hall–Kier alpha value is -6.28. The predicted octanol–water partition coefficient (Wildman–Crippen LogP) is 5.90. The number of hydrogen-bond donors (Lipinski definition) is 2. The second-order valence-corrected chi connectivity index (χ2v) is 11.3. The normalized spacial score (nSPS) is 11.7. The first-order valence-electron chi connectivity index (χ1n) is 16.5. The van der Waals surface area contributed by atoms with E-state index in [9.17, 15) is 19.7 Å². The van der Waals surface area contributed by atoms with Crippen LogP contribution in [0.1, 0.15) is 18.4 Å². The van der Waals surface area contributed by atoms with Crippen molar-refractivity contribution in [3.63, 3.8) is 0 Å². The van der Waals surface area contributed by atoms with Crippen molar-refractivity contribution in [3.05, 3.63) is 107 Å². The van der Waals surface area contributed by atoms with Gasteiger partial charge in [0.1, 0.15) is 25.1 Å². The maximum atomic E-state index is 13.1. The summed E-state index contributed by atoms with van der Waals surface area (Å²) in [5.41, 5.74) is 2.50. The van der Waals surface area contributed by atoms with E-state index in [1.807, 2.05) is 66.7 Å². The largest absolute Gasteiger partial charge is 0.493 e. The van der Waals surface area contributed by atoms with Gasteiger partial charge in [-0.2, -0.15) is 0 Å². The van der Waals surface area contributed by atoms with Crippen LogP contribution in [0.5, 0.6) is 28.7 Å². The molecule has 0 fully saturated rings. The lowest BCUT2D eigenvalue weighted by molar-refractivity contribution is -0.757. The van der Waals surface area contributed by atoms with Crippen LogP contribution in [0.4, 0.5) is 0 Å². The van der Waals surface area contributed by atoms with Gasteiger partial charge in [0.25, 0.3) is 5.09 Å². The fraction of sp³-hybridized carbons (Fsp3) is 0.263. The van der Waals surface area contributed by atoms with Crippen molar-refractivity contribution in [3.8, 4) is 28.7 Å². The van der Waals surface area contributed by atoms with Crippen molar-refractivity contribution < 1.29 is 47.9 Å². The first-order chi connectivity index (χ1) is 25.3. The second-order valence-electron chi connectivity index (χ2n) is 11.3. The summed E-state index contributed by atoms with van der Waals surface area (Å²) in [7, 11) is 2.99. The number of benzene rings is 4. The van der Waals surface area contributed by atoms with E-state index in [0.29, 0.717) is 36.0 Å². The molecule has 0 aliphatic rings. The van der Waals surface area contributed by atoms with Crippen molar-refractivity contribution in [2.75, 3.05) is 47.1 Å². The molecule has 5 aromatic rings. The number of esters is 2. The van der Waals surface area contributed by atoms with Gasteiger partial charge >= 0.3 is 11.9 Å². The highest BCUT2D eigenvalue weighted by Crippen LogP contribution is 2.33. The van der Waals surface area contributed by atoms with Gasteiger partial charge in [-0.15, -0.1) is 10.1 Å². The van der Waals surface area contributed by atoms with Crippen LogP contribution in [0.15, 0.2) is 91.0 Å². The maximum Gasteiger partial charge on any atom is 0.331 e. The number of H-pyrrole nitrogens is 1. The topological polar surface area (TPSA) is 170 Å². The maximum absolute atomic E-state index is 13.1. The van der Waals surface area contributed by atoms with Gasteiger partial charge in [-0.25, -0.2) is 4.79 Å². The summed E-state index contributed by atoms with van der Waals surface area (Å²) in [6.07, 6.45) is 2.19. The lowest BCUT2D eigenvalue weighted by Crippen LogP contribution is -2.37. The van der Waals surface area contributed by atoms with Crippen molar-refractivity contribution in [2.45, 2.75) is 18.9 Å². The van der Waals surface area contributed by atoms with Gasteiger partial charge in [0.2, 0.25) is 0 Å². The smallest absolute Gasteiger partial charge is 0.331 e. The quantitative estimate of drug-likeness (QED) is 0.0245. The van der Waals surface area contributed by atoms with Crippen LogP contribution in [-0.4, -0.2) is 75.2 Å². The van der Waals surface area contributed by atoms with Gasteiger partial charge in [-0.3, -0.25) is 4.79 Å². The van der Waals surface area contributed by atoms with Crippen molar-refractivity contribution in [1.82, 2.24) is 10.3 Å². The third-order valence-electron chi connectivity index (χ3n) is 7.72. The molecule has 0 bridgehead atoms. The molecule has 0 radical (unpaired) electrons. The number of nitrogens with zero attached hydrogens (tertiary/aromatic N) is 1. The Labute approximate surface area is 299 Å². The van der Waals surface area contributed by atoms with Crippen LogP contribution in [0, 0.1) is 10.1 Å². The molecule has 0 aliphatic heterocycles. The van der Waals surface area contributed by atoms with E-state index in [1.54, 1.807) is 25.3 Å². The number of hydrogen-bond acceptors (Lipinski definition) is 12. The first-order valence-corrected chi connectivity index (χ1v) is 16.5. The number of carbonyl (C=O) groups excluding carboxylic acids is 2. The van der Waals surface area contributed by atoms with Crippen LogP contribution in [0.2, 0.25) is 0 Å². The average molecular weight is 714 g/mol. The lowest BCUT2D eigenvalue weighted by Gasteiger charge is -2.19. The minimum atomic E-state index is -0.921. The van der Waals surface area contributed by atoms with E-state index in [1.165, 1.54) is 19.3 Å². The summed E-state index contributed by atoms with van der Waals surface area (Å²) in [4.78, 5) is 43.1. The van der Waals surface area contributed by atoms with Gasteiger partial charge in [0.05, 0.1) is 26.3 Å². The van der Waals surface area contributed by atoms with E-state index >= 15 is 0 Å². The Balaban J connectivity index is 1.21. The van der Waals surface area contributed by atoms with Crippen LogP contribution in [0.25, 0.3) is 27.9 Å². The zero-order valence-electron chi connectivity index (χ0n) is 28.7. The number of rotatable bonds is 20. The molecule has 1 heterocycles. The van der Waals surface area contributed by atoms with Crippen LogP contribution in [0.3, 0.4) is 0 Å². The zero-order valence-corrected chi connectivity index (χ0v) is 28.7. The number of para-hydroxylation sites is 3. The number of aromatic nitrogens is 1. The Morgan fingerprint density at radius 3 is 2.40 bits per heavy atom. The summed E-state index contributed by atoms with van der Waals surface area (Å²) >= 11 is 0. The molecule has 1 aromatic heterocycles. The lowest BCUT2D eigenvalue weighted by atomic mass is 10.1. The molecular weight excluding hydrogens is 674 g/mol. The summed E-state index contributed by atoms with van der Waals surface area (Å²) < 4.78 is 34.0. The molecule has 0 aliphatic carbocycles. The Morgan fingerprint density at radius 1 is 0.846 bits per heavy atom. The average Bonchev–Trinajstić information content (AvgIpc) is 3.54. The minimum Gasteiger partial charge on any atom is -0.493 e. The molecule has 0 spiro atoms. The number of aromatic amines is 1. The van der Waals surface area contributed by atoms with E-state index in [2.05, 4.69) is 15.1 Å². The van der Waals surface area contributed by atoms with E-state index in [0.717, 1.165) is 21.8 Å². The highest BCUT2D eigenvalue weighted by atomic mass is 16.9. The predicted molar refractivity (Wildman–Crippen MR) is 192 cm³/mol. The molecule has 2 N–H and O–H groups in total. The van der Waals surface area contributed by atoms with Gasteiger partial charge < -0.3 is 43.6 Å². The molecule has 5 rings (SSSR count). The summed E-state index contributed by atoms with van der Waals surface area (Å²) in [5, 5.41) is 14.6. The minimum absolute atomic E-state index is 0.0740. The summed E-state index contributed by atoms with van der Waals surface area (Å²) in [6, 6.07) is 25.9. The number of carbonyl (C=O) groups is 2. The monoisotopic (exact) mass is 713 g/mol. The third-order valence-corrected chi connectivity index (χ3v) is 7.72. The van der Waals surface area contributed by atoms with Gasteiger partial charge in [-0.1, -0.05) is 42.5 Å². The van der Waals surface area contributed by atoms with E-state index < -0.39 is 23.1 Å². The number of fused-ring (bicyclic) bond motifs is 3. The second kappa shape index (κ2) is 18.6. The molecule has 0 amide bonds. The SMILES string of the molecule is COc1ccccc1OCCNCC(COc1cccc2[nH]c3ccccc3c12)OC(=O)C=Cc1ccc(OC(=O)CCCO[N+](=O)[O-])c(OC)c1. The zero-order chi connectivity index (χ0) is 36.7. The molecule has 4 aromatic carbocycles. The molecule has 14 heteroatoms. The van der Waals surface area contributed by atoms with E-state index in [4.69, 9.17) is 28.4 Å². The number of methoxy groups -OCH3 is 2. The van der Waals surface area contributed by atoms with Crippen molar-refractivity contribution in [2.24, 2.45) is 0 Å². The number of nitrogens with one attached hydrogen (secondary N) is 2. The summed E-state index contributed by atoms with van der Waals surface area (Å²) in [6.45, 7) is 0.943. The third kappa shape index (κ3) is 10.4. The Kier molecular flexibility index (Phi) is 13.3. The Bertz CT molecular complexity index is 2010. The highest BCUT2D eigenvalue weighted by Gasteiger charge is 2.17. The van der Waals surface area contributed by atoms with Crippen LogP contribution in [-0.2, 0) is 19.2 Å². The standard InChI is InChI=1S/C38H39N3O11/c1-46-31-12-5-6-13-32(31)48-22-20-39-24-27(25-49-34-14-7-11-30-38(34)28-9-3-4-10-29(28)40-30)51-37(43)19-17-26-16-18-33(35(23-26)47-2)52-36(42)15-8-21-50-41(44)45/h3-7,9-14,16-19,23,27,39-40H,8,15,20-22,24-25H2,1-2H3. The van der Waals surface area contributed by atoms with Gasteiger partial charge in [-0.05, 0) is 60.5 Å². The Morgan fingerprint density at radius 2 is 1.60 bits per heavy atom. The van der Waals surface area contributed by atoms with Crippen LogP contribution >= 0.6 is 0 Å². The fourth-order valence-electron chi connectivity index (χ4n) is 5.31. The molecule has 52 heavy (non-hydrogen) atoms. The van der Waals surface area contributed by atoms with Crippen LogP contribution < -0.4 is 29.0 Å². The molecule has 0 saturated heterocycles. The van der Waals surface area contributed by atoms with Gasteiger partial charge in [0.15, 0.2) is 23.0 Å². The number of ether oxygens (including phenoxy) is 6. The van der Waals surface area contributed by atoms with Gasteiger partial charge in [0, 0.05) is 41.9 Å². The molecule has 272 valence electrons. The van der Waals surface area contributed by atoms with Crippen molar-refractivity contribution >= 4 is 39.8 Å². The first kappa shape index (κ1) is 37.0. The van der Waals surface area contributed by atoms with Crippen molar-refractivity contribution in [1.29, 1.82) is 0 Å². The highest BCUT2D eigenvalue weighted by molar-refractivity contribution is 6.10. The van der Waals surface area contributed by atoms with E-state index in [-0.39, 0.29) is 44.1 Å². The molecule has 1 atom stereocenters. The fourth-order valence-corrected chi connectivity index (χ4v) is 5.31. The molecule has 0 saturated carbocycles. The molecular formula is C38H39N3O11.